The molecule has 0 saturated heterocycles. The molecule has 0 saturated carbocycles. The molecule has 25 heavy (non-hydrogen) atoms. The Bertz CT molecular complexity index is 899. The van der Waals surface area contributed by atoms with Gasteiger partial charge in [0.15, 0.2) is 0 Å². The quantitative estimate of drug-likeness (QED) is 0.693. The van der Waals surface area contributed by atoms with Crippen LogP contribution in [-0.2, 0) is 6.67 Å². The number of hydrogen-bond donors (Lipinski definition) is 0. The van der Waals surface area contributed by atoms with E-state index < -0.39 is 0 Å². The van der Waals surface area contributed by atoms with E-state index in [0.29, 0.717) is 12.5 Å². The van der Waals surface area contributed by atoms with Crippen molar-refractivity contribution in [1.29, 1.82) is 0 Å². The highest BCUT2D eigenvalue weighted by Crippen LogP contribution is 2.29. The minimum Gasteiger partial charge on any atom is -0.318 e. The van der Waals surface area contributed by atoms with E-state index in [1.807, 2.05) is 33.9 Å². The molecule has 0 N–H and O–H groups in total. The van der Waals surface area contributed by atoms with Crippen molar-refractivity contribution in [3.63, 3.8) is 0 Å². The van der Waals surface area contributed by atoms with E-state index in [0.717, 1.165) is 30.6 Å². The second-order valence-electron chi connectivity index (χ2n) is 6.41. The molecular formula is C21H21N3O. The molecule has 2 heterocycles. The minimum absolute atomic E-state index is 0.0407. The maximum absolute atomic E-state index is 12.5. The fourth-order valence-electron chi connectivity index (χ4n) is 3.31. The molecule has 4 nitrogen and oxygen atoms in total. The molecule has 0 atom stereocenters. The Morgan fingerprint density at radius 1 is 1.00 bits per heavy atom. The predicted octanol–water partition coefficient (Wildman–Crippen LogP) is 4.43. The summed E-state index contributed by atoms with van der Waals surface area (Å²) >= 11 is 0. The number of amides is 1. The molecule has 0 bridgehead atoms. The third-order valence-corrected chi connectivity index (χ3v) is 4.69. The molecule has 1 aromatic heterocycles. The number of unbranched alkanes of at least 4 members (excludes halogenated alkanes) is 1. The number of hydrogen-bond acceptors (Lipinski definition) is 2. The van der Waals surface area contributed by atoms with E-state index in [1.165, 1.54) is 11.1 Å². The van der Waals surface area contributed by atoms with Gasteiger partial charge >= 0.3 is 0 Å². The van der Waals surface area contributed by atoms with Crippen molar-refractivity contribution in [1.82, 2.24) is 14.5 Å². The maximum atomic E-state index is 12.5. The third kappa shape index (κ3) is 2.84. The fourth-order valence-corrected chi connectivity index (χ4v) is 3.31. The largest absolute Gasteiger partial charge is 0.318 e. The van der Waals surface area contributed by atoms with Crippen molar-refractivity contribution in [2.45, 2.75) is 26.4 Å². The summed E-state index contributed by atoms with van der Waals surface area (Å²) in [6.07, 6.45) is 3.92. The van der Waals surface area contributed by atoms with Gasteiger partial charge in [0.1, 0.15) is 0 Å². The first-order valence-corrected chi connectivity index (χ1v) is 8.78. The number of aromatic nitrogens is 2. The number of carbonyl (C=O) groups excluding carboxylic acids is 1. The van der Waals surface area contributed by atoms with E-state index >= 15 is 0 Å². The van der Waals surface area contributed by atoms with Crippen LogP contribution in [0.5, 0.6) is 0 Å². The van der Waals surface area contributed by atoms with Crippen molar-refractivity contribution in [3.05, 3.63) is 66.6 Å². The van der Waals surface area contributed by atoms with Crippen LogP contribution in [-0.4, -0.2) is 26.9 Å². The summed E-state index contributed by atoms with van der Waals surface area (Å²) in [7, 11) is 0. The highest BCUT2D eigenvalue weighted by molar-refractivity contribution is 5.93. The lowest BCUT2D eigenvalue weighted by atomic mass is 10.0. The summed E-state index contributed by atoms with van der Waals surface area (Å²) in [4.78, 5) is 18.8. The summed E-state index contributed by atoms with van der Waals surface area (Å²) < 4.78 is 2.03. The Kier molecular flexibility index (Phi) is 4.10. The molecule has 4 rings (SSSR count). The number of fused-ring (bicyclic) bond motifs is 1. The van der Waals surface area contributed by atoms with Gasteiger partial charge in [-0.25, -0.2) is 4.98 Å². The summed E-state index contributed by atoms with van der Waals surface area (Å²) in [5.41, 5.74) is 4.44. The molecule has 126 valence electrons. The van der Waals surface area contributed by atoms with Crippen molar-refractivity contribution < 1.29 is 4.79 Å². The van der Waals surface area contributed by atoms with Crippen molar-refractivity contribution in [2.24, 2.45) is 0 Å². The third-order valence-electron chi connectivity index (χ3n) is 4.69. The maximum Gasteiger partial charge on any atom is 0.291 e. The zero-order valence-electron chi connectivity index (χ0n) is 14.4. The molecule has 0 aliphatic carbocycles. The van der Waals surface area contributed by atoms with Gasteiger partial charge in [-0.2, -0.15) is 0 Å². The van der Waals surface area contributed by atoms with Gasteiger partial charge in [-0.15, -0.1) is 0 Å². The van der Waals surface area contributed by atoms with Crippen LogP contribution < -0.4 is 0 Å². The van der Waals surface area contributed by atoms with Gasteiger partial charge < -0.3 is 9.47 Å². The first-order valence-electron chi connectivity index (χ1n) is 8.78. The van der Waals surface area contributed by atoms with Crippen molar-refractivity contribution in [3.8, 4) is 22.4 Å². The lowest BCUT2D eigenvalue weighted by Gasteiger charge is -2.15. The Balaban J connectivity index is 1.67. The minimum atomic E-state index is 0.0407. The van der Waals surface area contributed by atoms with E-state index in [9.17, 15) is 4.79 Å². The lowest BCUT2D eigenvalue weighted by molar-refractivity contribution is 0.0764. The van der Waals surface area contributed by atoms with Crippen LogP contribution in [0.25, 0.3) is 22.4 Å². The number of imidazole rings is 1. The summed E-state index contributed by atoms with van der Waals surface area (Å²) in [6.45, 7) is 3.53. The Morgan fingerprint density at radius 3 is 2.56 bits per heavy atom. The first-order chi connectivity index (χ1) is 12.3. The normalized spacial score (nSPS) is 13.3. The summed E-state index contributed by atoms with van der Waals surface area (Å²) in [5, 5.41) is 0. The van der Waals surface area contributed by atoms with E-state index in [1.54, 1.807) is 0 Å². The summed E-state index contributed by atoms with van der Waals surface area (Å²) in [6, 6.07) is 18.7. The molecule has 0 unspecified atom stereocenters. The molecule has 0 radical (unpaired) electrons. The average molecular weight is 331 g/mol. The van der Waals surface area contributed by atoms with Crippen LogP contribution in [0.2, 0.25) is 0 Å². The van der Waals surface area contributed by atoms with E-state index in [2.05, 4.69) is 48.3 Å². The monoisotopic (exact) mass is 331 g/mol. The molecule has 1 amide bonds. The topological polar surface area (TPSA) is 38.1 Å². The average Bonchev–Trinajstić information content (AvgIpc) is 3.21. The van der Waals surface area contributed by atoms with Gasteiger partial charge in [-0.05, 0) is 23.6 Å². The van der Waals surface area contributed by atoms with Gasteiger partial charge in [-0.1, -0.05) is 61.9 Å². The van der Waals surface area contributed by atoms with Crippen LogP contribution in [0, 0.1) is 0 Å². The molecule has 0 spiro atoms. The summed E-state index contributed by atoms with van der Waals surface area (Å²) in [5.74, 6) is 0.593. The number of rotatable bonds is 5. The lowest BCUT2D eigenvalue weighted by Crippen LogP contribution is -2.25. The standard InChI is InChI=1S/C21H21N3O/c1-2-3-12-23-15-24-19(14-22-20(24)21(23)25)18-11-7-10-17(13-18)16-8-5-4-6-9-16/h4-11,13-14H,2-3,12,15H2,1H3. The van der Waals surface area contributed by atoms with Crippen molar-refractivity contribution >= 4 is 5.91 Å². The highest BCUT2D eigenvalue weighted by Gasteiger charge is 2.30. The Labute approximate surface area is 147 Å². The number of benzene rings is 2. The van der Waals surface area contributed by atoms with Gasteiger partial charge in [0.25, 0.3) is 5.91 Å². The molecule has 4 heteroatoms. The first kappa shape index (κ1) is 15.6. The van der Waals surface area contributed by atoms with Crippen LogP contribution in [0.3, 0.4) is 0 Å². The molecule has 1 aliphatic rings. The fraction of sp³-hybridized carbons (Fsp3) is 0.238. The van der Waals surface area contributed by atoms with Crippen molar-refractivity contribution in [2.75, 3.05) is 6.54 Å². The van der Waals surface area contributed by atoms with Crippen LogP contribution >= 0.6 is 0 Å². The van der Waals surface area contributed by atoms with Crippen LogP contribution in [0.15, 0.2) is 60.8 Å². The molecular weight excluding hydrogens is 310 g/mol. The highest BCUT2D eigenvalue weighted by atomic mass is 16.2. The molecule has 1 aliphatic heterocycles. The van der Waals surface area contributed by atoms with Crippen LogP contribution in [0.4, 0.5) is 0 Å². The van der Waals surface area contributed by atoms with E-state index in [4.69, 9.17) is 0 Å². The molecule has 0 fully saturated rings. The molecule has 3 aromatic rings. The Hall–Kier alpha value is -2.88. The zero-order valence-corrected chi connectivity index (χ0v) is 14.4. The van der Waals surface area contributed by atoms with Gasteiger partial charge in [0, 0.05) is 12.1 Å². The Morgan fingerprint density at radius 2 is 1.76 bits per heavy atom. The zero-order chi connectivity index (χ0) is 17.2. The second kappa shape index (κ2) is 6.55. The molecule has 2 aromatic carbocycles. The smallest absolute Gasteiger partial charge is 0.291 e. The number of nitrogens with zero attached hydrogens (tertiary/aromatic N) is 3. The van der Waals surface area contributed by atoms with Gasteiger partial charge in [-0.3, -0.25) is 4.79 Å². The number of carbonyl (C=O) groups is 1. The van der Waals surface area contributed by atoms with Gasteiger partial charge in [0.2, 0.25) is 5.82 Å². The SMILES string of the molecule is CCCCN1Cn2c(-c3cccc(-c4ccccc4)c3)cnc2C1=O. The van der Waals surface area contributed by atoms with Gasteiger partial charge in [0.05, 0.1) is 18.6 Å². The van der Waals surface area contributed by atoms with Crippen LogP contribution in [0.1, 0.15) is 30.4 Å². The van der Waals surface area contributed by atoms with E-state index in [-0.39, 0.29) is 5.91 Å². The predicted molar refractivity (Wildman–Crippen MR) is 99.0 cm³/mol. The second-order valence-corrected chi connectivity index (χ2v) is 6.41.